The van der Waals surface area contributed by atoms with E-state index in [2.05, 4.69) is 21.2 Å². The van der Waals surface area contributed by atoms with Crippen molar-refractivity contribution in [2.75, 3.05) is 25.5 Å². The summed E-state index contributed by atoms with van der Waals surface area (Å²) in [6.07, 6.45) is 0.986. The van der Waals surface area contributed by atoms with Crippen molar-refractivity contribution in [1.82, 2.24) is 4.31 Å². The second-order valence-electron chi connectivity index (χ2n) is 5.93. The minimum Gasteiger partial charge on any atom is -0.495 e. The van der Waals surface area contributed by atoms with Crippen LogP contribution in [0, 0.1) is 5.92 Å². The van der Waals surface area contributed by atoms with Crippen LogP contribution in [0.3, 0.4) is 0 Å². The normalized spacial score (nSPS) is 16.4. The number of hydrogen-bond acceptors (Lipinski definition) is 5. The van der Waals surface area contributed by atoms with Gasteiger partial charge in [-0.1, -0.05) is 12.1 Å². The van der Waals surface area contributed by atoms with E-state index < -0.39 is 10.0 Å². The quantitative estimate of drug-likeness (QED) is 0.742. The number of sulfonamides is 1. The van der Waals surface area contributed by atoms with Crippen molar-refractivity contribution in [3.8, 4) is 5.75 Å². The van der Waals surface area contributed by atoms with Crippen LogP contribution in [-0.4, -0.2) is 38.8 Å². The van der Waals surface area contributed by atoms with E-state index in [-0.39, 0.29) is 11.8 Å². The molecule has 26 heavy (non-hydrogen) atoms. The average molecular weight is 459 g/mol. The van der Waals surface area contributed by atoms with Gasteiger partial charge in [-0.2, -0.15) is 4.31 Å². The summed E-state index contributed by atoms with van der Waals surface area (Å²) in [6.45, 7) is 0.670. The highest BCUT2D eigenvalue weighted by Crippen LogP contribution is 2.31. The number of carbonyl (C=O) groups excluding carboxylic acids is 1. The molecule has 140 valence electrons. The molecule has 3 rings (SSSR count). The van der Waals surface area contributed by atoms with Gasteiger partial charge in [0.1, 0.15) is 9.96 Å². The van der Waals surface area contributed by atoms with Crippen LogP contribution in [0.15, 0.2) is 44.4 Å². The number of nitrogens with zero attached hydrogens (tertiary/aromatic N) is 1. The smallest absolute Gasteiger partial charge is 0.252 e. The maximum absolute atomic E-state index is 12.7. The number of rotatable bonds is 5. The van der Waals surface area contributed by atoms with Crippen LogP contribution >= 0.6 is 27.3 Å². The van der Waals surface area contributed by atoms with Crippen molar-refractivity contribution in [2.24, 2.45) is 5.92 Å². The third kappa shape index (κ3) is 4.11. The Morgan fingerprint density at radius 1 is 1.23 bits per heavy atom. The Kier molecular flexibility index (Phi) is 6.01. The molecule has 9 heteroatoms. The average Bonchev–Trinajstić information content (AvgIpc) is 3.09. The van der Waals surface area contributed by atoms with Gasteiger partial charge in [-0.3, -0.25) is 4.79 Å². The van der Waals surface area contributed by atoms with E-state index in [1.54, 1.807) is 31.4 Å². The zero-order valence-electron chi connectivity index (χ0n) is 14.1. The molecule has 1 aliphatic heterocycles. The number of benzene rings is 1. The number of piperidine rings is 1. The Balaban J connectivity index is 1.62. The van der Waals surface area contributed by atoms with Crippen LogP contribution in [0.4, 0.5) is 5.69 Å². The number of amides is 1. The van der Waals surface area contributed by atoms with Crippen molar-refractivity contribution in [1.29, 1.82) is 0 Å². The molecule has 0 unspecified atom stereocenters. The first-order chi connectivity index (χ1) is 12.4. The first-order valence-corrected chi connectivity index (χ1v) is 11.2. The maximum Gasteiger partial charge on any atom is 0.252 e. The van der Waals surface area contributed by atoms with Gasteiger partial charge >= 0.3 is 0 Å². The zero-order valence-corrected chi connectivity index (χ0v) is 17.4. The molecule has 0 aliphatic carbocycles. The lowest BCUT2D eigenvalue weighted by Crippen LogP contribution is -2.41. The lowest BCUT2D eigenvalue weighted by atomic mass is 9.97. The van der Waals surface area contributed by atoms with Crippen LogP contribution in [0.5, 0.6) is 5.75 Å². The SMILES string of the molecule is COc1ccccc1NC(=O)C1CCN(S(=O)(=O)c2ccc(Br)s2)CC1. The number of nitrogens with one attached hydrogen (secondary N) is 1. The molecular formula is C17H19BrN2O4S2. The van der Waals surface area contributed by atoms with E-state index in [1.165, 1.54) is 15.6 Å². The Morgan fingerprint density at radius 2 is 1.92 bits per heavy atom. The third-order valence-corrected chi connectivity index (χ3v) is 8.32. The molecule has 1 aliphatic rings. The lowest BCUT2D eigenvalue weighted by molar-refractivity contribution is -0.120. The monoisotopic (exact) mass is 458 g/mol. The molecule has 0 radical (unpaired) electrons. The molecule has 6 nitrogen and oxygen atoms in total. The summed E-state index contributed by atoms with van der Waals surface area (Å²) in [6, 6.07) is 10.6. The zero-order chi connectivity index (χ0) is 18.7. The summed E-state index contributed by atoms with van der Waals surface area (Å²) >= 11 is 4.49. The van der Waals surface area contributed by atoms with Gasteiger partial charge in [0, 0.05) is 19.0 Å². The number of anilines is 1. The highest BCUT2D eigenvalue weighted by Gasteiger charge is 2.33. The van der Waals surface area contributed by atoms with Crippen LogP contribution < -0.4 is 10.1 Å². The highest BCUT2D eigenvalue weighted by atomic mass is 79.9. The number of para-hydroxylation sites is 2. The molecule has 1 aromatic carbocycles. The number of hydrogen-bond donors (Lipinski definition) is 1. The predicted molar refractivity (Wildman–Crippen MR) is 105 cm³/mol. The van der Waals surface area contributed by atoms with E-state index in [9.17, 15) is 13.2 Å². The molecule has 0 saturated carbocycles. The predicted octanol–water partition coefficient (Wildman–Crippen LogP) is 3.56. The van der Waals surface area contributed by atoms with E-state index in [0.717, 1.165) is 3.79 Å². The number of thiophene rings is 1. The highest BCUT2D eigenvalue weighted by molar-refractivity contribution is 9.11. The van der Waals surface area contributed by atoms with Crippen molar-refractivity contribution < 1.29 is 17.9 Å². The van der Waals surface area contributed by atoms with Crippen molar-refractivity contribution in [3.63, 3.8) is 0 Å². The Labute approximate surface area is 165 Å². The minimum atomic E-state index is -3.49. The van der Waals surface area contributed by atoms with E-state index in [0.29, 0.717) is 41.6 Å². The molecule has 0 atom stereocenters. The fourth-order valence-electron chi connectivity index (χ4n) is 2.90. The number of halogens is 1. The van der Waals surface area contributed by atoms with Crippen LogP contribution in [0.25, 0.3) is 0 Å². The second kappa shape index (κ2) is 8.08. The summed E-state index contributed by atoms with van der Waals surface area (Å²) in [7, 11) is -1.94. The fraction of sp³-hybridized carbons (Fsp3) is 0.353. The van der Waals surface area contributed by atoms with Crippen molar-refractivity contribution in [3.05, 3.63) is 40.2 Å². The van der Waals surface area contributed by atoms with Gasteiger partial charge in [-0.25, -0.2) is 8.42 Å². The topological polar surface area (TPSA) is 75.7 Å². The van der Waals surface area contributed by atoms with Crippen molar-refractivity contribution >= 4 is 48.9 Å². The van der Waals surface area contributed by atoms with Crippen LogP contribution in [0.1, 0.15) is 12.8 Å². The summed E-state index contributed by atoms with van der Waals surface area (Å²) in [4.78, 5) is 12.5. The summed E-state index contributed by atoms with van der Waals surface area (Å²) in [5.74, 6) is 0.274. The summed E-state index contributed by atoms with van der Waals surface area (Å²) in [5, 5.41) is 2.88. The molecule has 1 amide bonds. The molecular weight excluding hydrogens is 440 g/mol. The van der Waals surface area contributed by atoms with E-state index in [4.69, 9.17) is 4.74 Å². The summed E-state index contributed by atoms with van der Waals surface area (Å²) < 4.78 is 33.1. The van der Waals surface area contributed by atoms with Gasteiger partial charge < -0.3 is 10.1 Å². The van der Waals surface area contributed by atoms with Gasteiger partial charge in [0.15, 0.2) is 0 Å². The number of methoxy groups -OCH3 is 1. The number of carbonyl (C=O) groups is 1. The fourth-order valence-corrected chi connectivity index (χ4v) is 6.54. The molecule has 1 fully saturated rings. The summed E-state index contributed by atoms with van der Waals surface area (Å²) in [5.41, 5.74) is 0.624. The second-order valence-corrected chi connectivity index (χ2v) is 10.6. The Bertz CT molecular complexity index is 890. The van der Waals surface area contributed by atoms with Crippen molar-refractivity contribution in [2.45, 2.75) is 17.1 Å². The third-order valence-electron chi connectivity index (χ3n) is 4.33. The van der Waals surface area contributed by atoms with Gasteiger partial charge in [-0.05, 0) is 53.0 Å². The first-order valence-electron chi connectivity index (χ1n) is 8.11. The number of ether oxygens (including phenoxy) is 1. The molecule has 2 heterocycles. The van der Waals surface area contributed by atoms with Gasteiger partial charge in [0.2, 0.25) is 5.91 Å². The van der Waals surface area contributed by atoms with Gasteiger partial charge in [0.25, 0.3) is 10.0 Å². The van der Waals surface area contributed by atoms with Gasteiger partial charge in [-0.15, -0.1) is 11.3 Å². The molecule has 2 aromatic rings. The molecule has 1 N–H and O–H groups in total. The maximum atomic E-state index is 12.7. The first kappa shape index (κ1) is 19.3. The Hall–Kier alpha value is -1.42. The van der Waals surface area contributed by atoms with Crippen LogP contribution in [-0.2, 0) is 14.8 Å². The van der Waals surface area contributed by atoms with E-state index in [1.807, 2.05) is 12.1 Å². The molecule has 1 aromatic heterocycles. The standard InChI is InChI=1S/C17H19BrN2O4S2/c1-24-14-5-3-2-4-13(14)19-17(21)12-8-10-20(11-9-12)26(22,23)16-7-6-15(18)25-16/h2-7,12H,8-11H2,1H3,(H,19,21). The molecule has 0 bridgehead atoms. The minimum absolute atomic E-state index is 0.106. The van der Waals surface area contributed by atoms with Crippen LogP contribution in [0.2, 0.25) is 0 Å². The molecule has 1 saturated heterocycles. The lowest BCUT2D eigenvalue weighted by Gasteiger charge is -2.30. The largest absolute Gasteiger partial charge is 0.495 e. The Morgan fingerprint density at radius 3 is 2.54 bits per heavy atom. The molecule has 0 spiro atoms. The van der Waals surface area contributed by atoms with E-state index >= 15 is 0 Å². The van der Waals surface area contributed by atoms with Gasteiger partial charge in [0.05, 0.1) is 16.6 Å².